The zero-order valence-electron chi connectivity index (χ0n) is 11.6. The standard InChI is InChI=1S/C13H18F4O4/c1-2-3-4-5-8-20-10(18)6-7-11(19)21-9-13(16,17)12(14)15/h4-5,12H,2-3,6-9H2,1H3/b5-4-. The van der Waals surface area contributed by atoms with Gasteiger partial charge in [-0.25, -0.2) is 8.78 Å². The molecule has 0 aromatic rings. The van der Waals surface area contributed by atoms with Gasteiger partial charge in [0, 0.05) is 0 Å². The lowest BCUT2D eigenvalue weighted by Gasteiger charge is -2.14. The summed E-state index contributed by atoms with van der Waals surface area (Å²) in [7, 11) is 0. The van der Waals surface area contributed by atoms with Crippen molar-refractivity contribution in [3.63, 3.8) is 0 Å². The molecule has 0 N–H and O–H groups in total. The number of hydrogen-bond donors (Lipinski definition) is 0. The number of hydrogen-bond acceptors (Lipinski definition) is 4. The van der Waals surface area contributed by atoms with Crippen molar-refractivity contribution in [1.82, 2.24) is 0 Å². The van der Waals surface area contributed by atoms with Gasteiger partial charge in [-0.1, -0.05) is 25.5 Å². The van der Waals surface area contributed by atoms with Crippen molar-refractivity contribution in [2.24, 2.45) is 0 Å². The van der Waals surface area contributed by atoms with E-state index in [1.807, 2.05) is 13.0 Å². The minimum atomic E-state index is -4.39. The second kappa shape index (κ2) is 10.2. The van der Waals surface area contributed by atoms with Gasteiger partial charge in [0.15, 0.2) is 6.61 Å². The van der Waals surface area contributed by atoms with Crippen LogP contribution in [0.1, 0.15) is 32.6 Å². The van der Waals surface area contributed by atoms with Crippen molar-refractivity contribution in [2.45, 2.75) is 45.0 Å². The van der Waals surface area contributed by atoms with Crippen LogP contribution in [0.5, 0.6) is 0 Å². The van der Waals surface area contributed by atoms with E-state index in [0.29, 0.717) is 0 Å². The third-order valence-corrected chi connectivity index (χ3v) is 2.24. The molecule has 0 aliphatic rings. The van der Waals surface area contributed by atoms with E-state index in [1.54, 1.807) is 6.08 Å². The molecule has 4 nitrogen and oxygen atoms in total. The summed E-state index contributed by atoms with van der Waals surface area (Å²) in [5.41, 5.74) is 0. The molecular formula is C13H18F4O4. The summed E-state index contributed by atoms with van der Waals surface area (Å²) in [5.74, 6) is -6.25. The molecule has 0 unspecified atom stereocenters. The molecule has 21 heavy (non-hydrogen) atoms. The van der Waals surface area contributed by atoms with Gasteiger partial charge in [-0.2, -0.15) is 8.78 Å². The Bertz CT molecular complexity index is 356. The Kier molecular flexibility index (Phi) is 9.40. The van der Waals surface area contributed by atoms with Crippen molar-refractivity contribution in [1.29, 1.82) is 0 Å². The van der Waals surface area contributed by atoms with Gasteiger partial charge in [0.1, 0.15) is 6.61 Å². The van der Waals surface area contributed by atoms with Gasteiger partial charge in [-0.3, -0.25) is 9.59 Å². The predicted molar refractivity (Wildman–Crippen MR) is 66.2 cm³/mol. The first-order chi connectivity index (χ1) is 9.79. The van der Waals surface area contributed by atoms with Crippen LogP contribution in [0, 0.1) is 0 Å². The van der Waals surface area contributed by atoms with Gasteiger partial charge in [0.25, 0.3) is 0 Å². The Hall–Kier alpha value is -1.60. The molecular weight excluding hydrogens is 296 g/mol. The molecule has 0 radical (unpaired) electrons. The summed E-state index contributed by atoms with van der Waals surface area (Å²) < 4.78 is 57.2. The summed E-state index contributed by atoms with van der Waals surface area (Å²) in [6, 6.07) is 0. The van der Waals surface area contributed by atoms with Crippen molar-refractivity contribution < 1.29 is 36.6 Å². The van der Waals surface area contributed by atoms with Crippen LogP contribution in [0.4, 0.5) is 17.6 Å². The highest BCUT2D eigenvalue weighted by atomic mass is 19.3. The first-order valence-corrected chi connectivity index (χ1v) is 6.41. The van der Waals surface area contributed by atoms with Crippen LogP contribution in [0.25, 0.3) is 0 Å². The highest BCUT2D eigenvalue weighted by Crippen LogP contribution is 2.23. The van der Waals surface area contributed by atoms with Crippen LogP contribution in [-0.4, -0.2) is 37.5 Å². The van der Waals surface area contributed by atoms with Crippen LogP contribution in [0.3, 0.4) is 0 Å². The zero-order valence-corrected chi connectivity index (χ0v) is 11.6. The van der Waals surface area contributed by atoms with E-state index in [2.05, 4.69) is 4.74 Å². The topological polar surface area (TPSA) is 52.6 Å². The fraction of sp³-hybridized carbons (Fsp3) is 0.692. The van der Waals surface area contributed by atoms with Gasteiger partial charge in [0.05, 0.1) is 12.8 Å². The van der Waals surface area contributed by atoms with Crippen molar-refractivity contribution >= 4 is 11.9 Å². The van der Waals surface area contributed by atoms with Crippen molar-refractivity contribution in [2.75, 3.05) is 13.2 Å². The van der Waals surface area contributed by atoms with E-state index in [9.17, 15) is 27.2 Å². The van der Waals surface area contributed by atoms with Gasteiger partial charge in [0.2, 0.25) is 0 Å². The van der Waals surface area contributed by atoms with Crippen LogP contribution < -0.4 is 0 Å². The number of carbonyl (C=O) groups is 2. The first-order valence-electron chi connectivity index (χ1n) is 6.41. The number of unbranched alkanes of at least 4 members (excludes halogenated alkanes) is 1. The SMILES string of the molecule is CCC/C=C\COC(=O)CCC(=O)OCC(F)(F)C(F)F. The molecule has 0 saturated heterocycles. The number of allylic oxidation sites excluding steroid dienone is 1. The molecule has 0 rings (SSSR count). The Morgan fingerprint density at radius 2 is 1.67 bits per heavy atom. The number of esters is 2. The molecule has 0 aliphatic carbocycles. The van der Waals surface area contributed by atoms with E-state index >= 15 is 0 Å². The molecule has 0 aromatic carbocycles. The molecule has 0 saturated carbocycles. The molecule has 8 heteroatoms. The number of halogens is 4. The van der Waals surface area contributed by atoms with Gasteiger partial charge < -0.3 is 9.47 Å². The second-order valence-corrected chi connectivity index (χ2v) is 4.17. The van der Waals surface area contributed by atoms with Gasteiger partial charge in [-0.05, 0) is 6.42 Å². The van der Waals surface area contributed by atoms with E-state index in [4.69, 9.17) is 4.74 Å². The highest BCUT2D eigenvalue weighted by molar-refractivity contribution is 5.77. The molecule has 0 heterocycles. The van der Waals surface area contributed by atoms with Gasteiger partial charge in [-0.15, -0.1) is 0 Å². The third kappa shape index (κ3) is 9.86. The second-order valence-electron chi connectivity index (χ2n) is 4.17. The Morgan fingerprint density at radius 3 is 2.19 bits per heavy atom. The van der Waals surface area contributed by atoms with Crippen LogP contribution in [0.15, 0.2) is 12.2 Å². The number of carbonyl (C=O) groups excluding carboxylic acids is 2. The van der Waals surface area contributed by atoms with E-state index < -0.39 is 37.3 Å². The molecule has 0 atom stereocenters. The molecule has 0 aliphatic heterocycles. The fourth-order valence-electron chi connectivity index (χ4n) is 1.08. The molecule has 0 bridgehead atoms. The lowest BCUT2D eigenvalue weighted by molar-refractivity contribution is -0.180. The van der Waals surface area contributed by atoms with Gasteiger partial charge >= 0.3 is 24.3 Å². The van der Waals surface area contributed by atoms with Crippen LogP contribution >= 0.6 is 0 Å². The monoisotopic (exact) mass is 314 g/mol. The van der Waals surface area contributed by atoms with Crippen LogP contribution in [-0.2, 0) is 19.1 Å². The first kappa shape index (κ1) is 19.4. The maximum atomic E-state index is 12.4. The molecule has 0 aromatic heterocycles. The minimum Gasteiger partial charge on any atom is -0.461 e. The molecule has 0 amide bonds. The van der Waals surface area contributed by atoms with E-state index in [1.165, 1.54) is 0 Å². The normalized spacial score (nSPS) is 11.9. The quantitative estimate of drug-likeness (QED) is 0.353. The summed E-state index contributed by atoms with van der Waals surface area (Å²) in [6.07, 6.45) is 0.501. The Labute approximate surface area is 120 Å². The smallest absolute Gasteiger partial charge is 0.340 e. The fourth-order valence-corrected chi connectivity index (χ4v) is 1.08. The summed E-state index contributed by atoms with van der Waals surface area (Å²) in [5, 5.41) is 0. The lowest BCUT2D eigenvalue weighted by atomic mass is 10.3. The van der Waals surface area contributed by atoms with Crippen molar-refractivity contribution in [3.8, 4) is 0 Å². The zero-order chi connectivity index (χ0) is 16.3. The summed E-state index contributed by atoms with van der Waals surface area (Å²) in [6.45, 7) is 0.329. The summed E-state index contributed by atoms with van der Waals surface area (Å²) in [4.78, 5) is 22.2. The predicted octanol–water partition coefficient (Wildman–Crippen LogP) is 3.11. The van der Waals surface area contributed by atoms with E-state index in [-0.39, 0.29) is 13.0 Å². The lowest BCUT2D eigenvalue weighted by Crippen LogP contribution is -2.33. The average molecular weight is 314 g/mol. The molecule has 122 valence electrons. The largest absolute Gasteiger partial charge is 0.461 e. The molecule has 0 spiro atoms. The van der Waals surface area contributed by atoms with E-state index in [0.717, 1.165) is 12.8 Å². The molecule has 0 fully saturated rings. The Morgan fingerprint density at radius 1 is 1.10 bits per heavy atom. The maximum absolute atomic E-state index is 12.4. The number of alkyl halides is 4. The maximum Gasteiger partial charge on any atom is 0.340 e. The highest BCUT2D eigenvalue weighted by Gasteiger charge is 2.42. The minimum absolute atomic E-state index is 0.0529. The van der Waals surface area contributed by atoms with Crippen LogP contribution in [0.2, 0.25) is 0 Å². The summed E-state index contributed by atoms with van der Waals surface area (Å²) >= 11 is 0. The third-order valence-electron chi connectivity index (χ3n) is 2.24. The average Bonchev–Trinajstić information content (AvgIpc) is 2.42. The number of ether oxygens (including phenoxy) is 2. The van der Waals surface area contributed by atoms with Crippen molar-refractivity contribution in [3.05, 3.63) is 12.2 Å². The Balaban J connectivity index is 3.80. The number of rotatable bonds is 10.